The highest BCUT2D eigenvalue weighted by molar-refractivity contribution is 5.92. The molecule has 0 bridgehead atoms. The van der Waals surface area contributed by atoms with Gasteiger partial charge in [0.2, 0.25) is 0 Å². The first-order chi connectivity index (χ1) is 12.1. The quantitative estimate of drug-likeness (QED) is 0.574. The van der Waals surface area contributed by atoms with Gasteiger partial charge in [0.1, 0.15) is 5.82 Å². The first-order valence-corrected chi connectivity index (χ1v) is 7.99. The number of benzene rings is 1. The smallest absolute Gasteiger partial charge is 0.281 e. The molecule has 3 aromatic rings. The molecule has 0 radical (unpaired) electrons. The number of nitro groups is 1. The van der Waals surface area contributed by atoms with Gasteiger partial charge < -0.3 is 10.5 Å². The molecule has 2 N–H and O–H groups in total. The molecule has 9 heteroatoms. The van der Waals surface area contributed by atoms with Gasteiger partial charge in [0.05, 0.1) is 28.2 Å². The van der Waals surface area contributed by atoms with Crippen molar-refractivity contribution in [3.05, 3.63) is 40.7 Å². The molecule has 1 aliphatic heterocycles. The molecular weight excluding hydrogens is 324 g/mol. The van der Waals surface area contributed by atoms with Crippen LogP contribution in [0.5, 0.6) is 0 Å². The van der Waals surface area contributed by atoms with Crippen molar-refractivity contribution in [2.24, 2.45) is 0 Å². The van der Waals surface area contributed by atoms with E-state index in [1.807, 2.05) is 6.07 Å². The van der Waals surface area contributed by atoms with Crippen LogP contribution in [0.1, 0.15) is 25.5 Å². The normalized spacial score (nSPS) is 17.7. The van der Waals surface area contributed by atoms with Gasteiger partial charge in [-0.3, -0.25) is 10.1 Å². The van der Waals surface area contributed by atoms with E-state index in [0.29, 0.717) is 28.6 Å². The summed E-state index contributed by atoms with van der Waals surface area (Å²) in [6.45, 7) is 0.665. The van der Waals surface area contributed by atoms with Crippen LogP contribution >= 0.6 is 0 Å². The Hall–Kier alpha value is -3.07. The molecule has 1 atom stereocenters. The molecule has 1 saturated heterocycles. The summed E-state index contributed by atoms with van der Waals surface area (Å²) in [7, 11) is 0. The van der Waals surface area contributed by atoms with Crippen LogP contribution in [-0.2, 0) is 4.74 Å². The third kappa shape index (κ3) is 2.78. The number of non-ortho nitro benzene ring substituents is 1. The Balaban J connectivity index is 1.91. The maximum Gasteiger partial charge on any atom is 0.281 e. The maximum atomic E-state index is 11.5. The highest BCUT2D eigenvalue weighted by Gasteiger charge is 2.23. The van der Waals surface area contributed by atoms with Crippen molar-refractivity contribution in [2.45, 2.75) is 25.5 Å². The lowest BCUT2D eigenvalue weighted by Crippen LogP contribution is -2.19. The molecule has 128 valence electrons. The zero-order chi connectivity index (χ0) is 17.4. The topological polar surface area (TPSA) is 122 Å². The van der Waals surface area contributed by atoms with Crippen LogP contribution in [0.4, 0.5) is 11.5 Å². The second-order valence-corrected chi connectivity index (χ2v) is 5.96. The number of nitrogens with two attached hydrogens (primary N) is 1. The van der Waals surface area contributed by atoms with E-state index in [1.54, 1.807) is 10.7 Å². The van der Waals surface area contributed by atoms with Gasteiger partial charge in [-0.15, -0.1) is 5.10 Å². The van der Waals surface area contributed by atoms with Crippen molar-refractivity contribution < 1.29 is 9.66 Å². The monoisotopic (exact) mass is 340 g/mol. The van der Waals surface area contributed by atoms with Crippen molar-refractivity contribution in [2.75, 3.05) is 12.3 Å². The van der Waals surface area contributed by atoms with Gasteiger partial charge in [-0.1, -0.05) is 0 Å². The number of ether oxygens (including phenoxy) is 1. The third-order valence-corrected chi connectivity index (χ3v) is 4.33. The van der Waals surface area contributed by atoms with E-state index >= 15 is 0 Å². The summed E-state index contributed by atoms with van der Waals surface area (Å²) < 4.78 is 7.51. The fourth-order valence-electron chi connectivity index (χ4n) is 3.13. The van der Waals surface area contributed by atoms with Gasteiger partial charge >= 0.3 is 0 Å². The Labute approximate surface area is 142 Å². The number of hydrogen-bond acceptors (Lipinski definition) is 7. The molecule has 0 amide bonds. The number of aromatic nitrogens is 4. The average molecular weight is 340 g/mol. The fraction of sp³-hybridized carbons (Fsp3) is 0.312. The summed E-state index contributed by atoms with van der Waals surface area (Å²) in [5.41, 5.74) is 7.64. The zero-order valence-corrected chi connectivity index (χ0v) is 13.3. The summed E-state index contributed by atoms with van der Waals surface area (Å²) in [4.78, 5) is 11.1. The van der Waals surface area contributed by atoms with E-state index in [-0.39, 0.29) is 17.7 Å². The minimum Gasteiger partial charge on any atom is -0.382 e. The van der Waals surface area contributed by atoms with Gasteiger partial charge in [0, 0.05) is 18.2 Å². The first-order valence-electron chi connectivity index (χ1n) is 7.99. The van der Waals surface area contributed by atoms with E-state index < -0.39 is 4.92 Å². The molecule has 0 spiro atoms. The highest BCUT2D eigenvalue weighted by atomic mass is 16.6. The molecule has 0 aliphatic carbocycles. The largest absolute Gasteiger partial charge is 0.382 e. The molecule has 1 aliphatic rings. The van der Waals surface area contributed by atoms with Crippen LogP contribution in [0.15, 0.2) is 30.6 Å². The summed E-state index contributed by atoms with van der Waals surface area (Å²) in [5, 5.41) is 23.9. The van der Waals surface area contributed by atoms with Gasteiger partial charge in [0.15, 0.2) is 6.23 Å². The Bertz CT molecular complexity index is 948. The van der Waals surface area contributed by atoms with Gasteiger partial charge in [0.25, 0.3) is 5.69 Å². The Morgan fingerprint density at radius 1 is 1.24 bits per heavy atom. The van der Waals surface area contributed by atoms with Gasteiger partial charge in [-0.25, -0.2) is 4.68 Å². The fourth-order valence-corrected chi connectivity index (χ4v) is 3.13. The molecule has 0 saturated carbocycles. The Kier molecular flexibility index (Phi) is 3.77. The minimum absolute atomic E-state index is 0.00931. The van der Waals surface area contributed by atoms with Crippen molar-refractivity contribution in [3.63, 3.8) is 0 Å². The van der Waals surface area contributed by atoms with E-state index in [2.05, 4.69) is 15.3 Å². The highest BCUT2D eigenvalue weighted by Crippen LogP contribution is 2.35. The van der Waals surface area contributed by atoms with E-state index in [4.69, 9.17) is 10.5 Å². The first kappa shape index (κ1) is 15.5. The lowest BCUT2D eigenvalue weighted by molar-refractivity contribution is -0.383. The van der Waals surface area contributed by atoms with Crippen LogP contribution < -0.4 is 5.73 Å². The Morgan fingerprint density at radius 3 is 2.84 bits per heavy atom. The zero-order valence-electron chi connectivity index (χ0n) is 13.3. The van der Waals surface area contributed by atoms with Gasteiger partial charge in [-0.05, 0) is 37.0 Å². The van der Waals surface area contributed by atoms with Crippen molar-refractivity contribution >= 4 is 22.4 Å². The van der Waals surface area contributed by atoms with Crippen molar-refractivity contribution in [1.82, 2.24) is 20.0 Å². The molecule has 2 aromatic heterocycles. The van der Waals surface area contributed by atoms with E-state index in [0.717, 1.165) is 19.3 Å². The lowest BCUT2D eigenvalue weighted by atomic mass is 10.0. The number of nitrogens with zero attached hydrogens (tertiary/aromatic N) is 5. The molecular formula is C16H16N6O3. The number of fused-ring (bicyclic) bond motifs is 1. The standard InChI is InChI=1S/C16H16N6O3/c17-15-7-11(8-18-20-15)10-5-13-12(14(6-10)22(23)24)9-19-21(13)16-3-1-2-4-25-16/h5-9,16H,1-4H2,(H2,17,20). The second-order valence-electron chi connectivity index (χ2n) is 5.96. The van der Waals surface area contributed by atoms with Crippen LogP contribution in [0.25, 0.3) is 22.0 Å². The predicted octanol–water partition coefficient (Wildman–Crippen LogP) is 2.68. The molecule has 1 aromatic carbocycles. The third-order valence-electron chi connectivity index (χ3n) is 4.33. The molecule has 1 fully saturated rings. The molecule has 4 rings (SSSR count). The number of rotatable bonds is 3. The number of nitro benzene ring substituents is 1. The van der Waals surface area contributed by atoms with Crippen molar-refractivity contribution in [3.8, 4) is 11.1 Å². The number of anilines is 1. The summed E-state index contributed by atoms with van der Waals surface area (Å²) in [5.74, 6) is 0.254. The Morgan fingerprint density at radius 2 is 2.12 bits per heavy atom. The maximum absolute atomic E-state index is 11.5. The number of hydrogen-bond donors (Lipinski definition) is 1. The molecule has 9 nitrogen and oxygen atoms in total. The van der Waals surface area contributed by atoms with Crippen LogP contribution in [0, 0.1) is 10.1 Å². The number of nitrogen functional groups attached to an aromatic ring is 1. The SMILES string of the molecule is Nc1cc(-c2cc([N+](=O)[O-])c3cnn(C4CCCCO4)c3c2)cnn1. The van der Waals surface area contributed by atoms with Crippen molar-refractivity contribution in [1.29, 1.82) is 0 Å². The predicted molar refractivity (Wildman–Crippen MR) is 90.7 cm³/mol. The van der Waals surface area contributed by atoms with E-state index in [9.17, 15) is 10.1 Å². The summed E-state index contributed by atoms with van der Waals surface area (Å²) in [6.07, 6.45) is 5.73. The van der Waals surface area contributed by atoms with Crippen LogP contribution in [0.3, 0.4) is 0 Å². The molecule has 25 heavy (non-hydrogen) atoms. The van der Waals surface area contributed by atoms with Crippen LogP contribution in [-0.4, -0.2) is 31.5 Å². The second kappa shape index (κ2) is 6.10. The summed E-state index contributed by atoms with van der Waals surface area (Å²) in [6, 6.07) is 4.99. The summed E-state index contributed by atoms with van der Waals surface area (Å²) >= 11 is 0. The van der Waals surface area contributed by atoms with Crippen LogP contribution in [0.2, 0.25) is 0 Å². The van der Waals surface area contributed by atoms with Gasteiger partial charge in [-0.2, -0.15) is 10.2 Å². The lowest BCUT2D eigenvalue weighted by Gasteiger charge is -2.23. The minimum atomic E-state index is -0.405. The average Bonchev–Trinajstić information content (AvgIpc) is 3.05. The molecule has 3 heterocycles. The molecule has 1 unspecified atom stereocenters. The van der Waals surface area contributed by atoms with E-state index in [1.165, 1.54) is 18.5 Å².